The lowest BCUT2D eigenvalue weighted by atomic mass is 9.83. The fourth-order valence-electron chi connectivity index (χ4n) is 6.27. The Balaban J connectivity index is 1.41. The molecule has 0 aliphatic rings. The van der Waals surface area contributed by atoms with E-state index < -0.39 is 303 Å². The highest BCUT2D eigenvalue weighted by Crippen LogP contribution is 2.47. The van der Waals surface area contributed by atoms with E-state index in [1.54, 1.807) is 0 Å². The van der Waals surface area contributed by atoms with Crippen molar-refractivity contribution in [1.29, 1.82) is 0 Å². The summed E-state index contributed by atoms with van der Waals surface area (Å²) >= 11 is 0. The number of fused-ring (bicyclic) bond motifs is 7. The van der Waals surface area contributed by atoms with Gasteiger partial charge in [0.2, 0.25) is 0 Å². The first kappa shape index (κ1) is 12.0. The number of benzene rings is 10. The third-order valence-electron chi connectivity index (χ3n) is 8.57. The van der Waals surface area contributed by atoms with Crippen LogP contribution in [0, 0.1) is 0 Å². The fourth-order valence-corrected chi connectivity index (χ4v) is 6.27. The largest absolute Gasteiger partial charge is 0.456 e. The molecule has 0 amide bonds. The Morgan fingerprint density at radius 3 is 1.68 bits per heavy atom. The van der Waals surface area contributed by atoms with Crippen LogP contribution in [0.15, 0.2) is 198 Å². The van der Waals surface area contributed by atoms with Gasteiger partial charge >= 0.3 is 0 Å². The van der Waals surface area contributed by atoms with Gasteiger partial charge in [-0.05, 0) is 124 Å². The number of hydrogen-bond donors (Lipinski definition) is 0. The fraction of sp³-hybridized carbons (Fsp3) is 0. The zero-order valence-corrected chi connectivity index (χ0v) is 26.4. The number of hydrogen-bond acceptors (Lipinski definition) is 1. The minimum Gasteiger partial charge on any atom is -0.456 e. The van der Waals surface area contributed by atoms with E-state index >= 15 is 0 Å². The molecule has 246 valence electrons. The van der Waals surface area contributed by atoms with Gasteiger partial charge in [0, 0.05) is 10.8 Å². The Morgan fingerprint density at radius 2 is 0.830 bits per heavy atom. The van der Waals surface area contributed by atoms with Crippen LogP contribution in [-0.4, -0.2) is 0 Å². The highest BCUT2D eigenvalue weighted by Gasteiger charge is 2.19. The number of rotatable bonds is 4. The van der Waals surface area contributed by atoms with E-state index in [1.165, 1.54) is 0 Å². The molecular formula is C52H32O. The SMILES string of the molecule is [2H]c1c([2H])c([2H])c(-c2c([2H])c([2H])c3c(-c4c([2H])c([2H])c([2H])c5c([2H])c([2H])c([2H])c([2H])c45)c4c([2H])c([2H])c([2H])c([2H])c4c(-c4c([2H])c([2H])c5c([2H])c(-c6c([2H])c([2H])c7oc8c([2H])c([2H])c([2H])c([2H])c8c7c6[2H])c([2H])c([2H])c5c4[2H])c3c2[2H])c([2H])c1[2H]. The molecule has 0 spiro atoms. The van der Waals surface area contributed by atoms with Gasteiger partial charge in [-0.25, -0.2) is 0 Å². The van der Waals surface area contributed by atoms with E-state index in [0.29, 0.717) is 0 Å². The summed E-state index contributed by atoms with van der Waals surface area (Å²) in [6, 6.07) is -31.7. The van der Waals surface area contributed by atoms with Crippen molar-refractivity contribution in [3.05, 3.63) is 193 Å². The lowest BCUT2D eigenvalue weighted by Crippen LogP contribution is -1.92. The van der Waals surface area contributed by atoms with E-state index in [4.69, 9.17) is 29.1 Å². The molecule has 1 nitrogen and oxygen atoms in total. The van der Waals surface area contributed by atoms with Crippen molar-refractivity contribution in [3.8, 4) is 44.5 Å². The van der Waals surface area contributed by atoms with E-state index in [2.05, 4.69) is 0 Å². The summed E-state index contributed by atoms with van der Waals surface area (Å²) in [4.78, 5) is 0. The third-order valence-corrected chi connectivity index (χ3v) is 8.57. The summed E-state index contributed by atoms with van der Waals surface area (Å²) in [6.07, 6.45) is 0. The van der Waals surface area contributed by atoms with E-state index in [0.717, 1.165) is 0 Å². The smallest absolute Gasteiger partial charge is 0.135 e. The molecule has 0 N–H and O–H groups in total. The van der Waals surface area contributed by atoms with Gasteiger partial charge in [-0.3, -0.25) is 0 Å². The summed E-state index contributed by atoms with van der Waals surface area (Å²) in [5.74, 6) is 0. The lowest BCUT2D eigenvalue weighted by Gasteiger charge is -2.20. The molecular weight excluding hydrogens is 641 g/mol. The normalized spacial score (nSPS) is 20.2. The van der Waals surface area contributed by atoms with Crippen LogP contribution in [-0.2, 0) is 0 Å². The van der Waals surface area contributed by atoms with Gasteiger partial charge < -0.3 is 4.42 Å². The summed E-state index contributed by atoms with van der Waals surface area (Å²) in [5.41, 5.74) is -7.97. The van der Waals surface area contributed by atoms with Gasteiger partial charge in [-0.2, -0.15) is 0 Å². The molecule has 0 unspecified atom stereocenters. The Morgan fingerprint density at radius 1 is 0.283 bits per heavy atom. The average Bonchev–Trinajstić information content (AvgIpc) is 0.861. The zero-order chi connectivity index (χ0) is 62.7. The zero-order valence-electron chi connectivity index (χ0n) is 58.4. The molecule has 1 heterocycles. The molecule has 53 heavy (non-hydrogen) atoms. The van der Waals surface area contributed by atoms with Crippen molar-refractivity contribution >= 4 is 65.0 Å². The van der Waals surface area contributed by atoms with Gasteiger partial charge in [0.05, 0.1) is 43.9 Å². The summed E-state index contributed by atoms with van der Waals surface area (Å²) in [7, 11) is 0. The van der Waals surface area contributed by atoms with Crippen molar-refractivity contribution in [2.45, 2.75) is 0 Å². The molecule has 0 atom stereocenters. The average molecular weight is 705 g/mol. The minimum atomic E-state index is -1.18. The Labute approximate surface area is 352 Å². The third kappa shape index (κ3) is 4.79. The molecule has 11 rings (SSSR count). The molecule has 1 aromatic heterocycles. The molecule has 11 aromatic rings. The molecule has 0 fully saturated rings. The first-order valence-corrected chi connectivity index (χ1v) is 15.7. The second-order valence-electron chi connectivity index (χ2n) is 11.5. The Bertz CT molecular complexity index is 5050. The molecule has 0 aliphatic heterocycles. The quantitative estimate of drug-likeness (QED) is 0.166. The van der Waals surface area contributed by atoms with Gasteiger partial charge in [0.1, 0.15) is 11.2 Å². The van der Waals surface area contributed by atoms with Crippen LogP contribution in [0.4, 0.5) is 0 Å². The molecule has 0 radical (unpaired) electrons. The second kappa shape index (κ2) is 11.8. The molecule has 10 aromatic carbocycles. The van der Waals surface area contributed by atoms with Crippen LogP contribution in [0.3, 0.4) is 0 Å². The Hall–Kier alpha value is -6.96. The first-order valence-electron chi connectivity index (χ1n) is 31.7. The minimum absolute atomic E-state index is 0.413. The van der Waals surface area contributed by atoms with Crippen LogP contribution < -0.4 is 0 Å². The van der Waals surface area contributed by atoms with Crippen molar-refractivity contribution in [1.82, 2.24) is 0 Å². The van der Waals surface area contributed by atoms with Gasteiger partial charge in [0.15, 0.2) is 0 Å². The van der Waals surface area contributed by atoms with Crippen molar-refractivity contribution < 1.29 is 48.3 Å². The predicted octanol–water partition coefficient (Wildman–Crippen LogP) is 14.9. The number of para-hydroxylation sites is 1. The molecule has 0 aliphatic carbocycles. The highest BCUT2D eigenvalue weighted by molar-refractivity contribution is 6.24. The maximum Gasteiger partial charge on any atom is 0.135 e. The predicted molar refractivity (Wildman–Crippen MR) is 225 cm³/mol. The Kier molecular flexibility index (Phi) is 2.68. The van der Waals surface area contributed by atoms with Crippen LogP contribution >= 0.6 is 0 Å². The standard InChI is InChI=1S/C52H32O/c1-2-11-33(12-3-1)38-25-27-46-48(32-38)51(44-17-6-7-18-45(44)52(46)43-19-10-14-34-13-4-5-15-41(34)43)40-24-23-35-29-36(21-22-37(35)30-40)39-26-28-50-47(31-39)42-16-8-9-20-49(42)53-50/h1-32H/i1D,2D,3D,4D,5D,6D,7D,8D,9D,10D,11D,12D,13D,14D,15D,16D,17D,18D,19D,20D,21D,22D,23D,24D,25D,26D,27D,28D,29D,30D,31D,32D. The highest BCUT2D eigenvalue weighted by atomic mass is 16.3. The summed E-state index contributed by atoms with van der Waals surface area (Å²) < 4.78 is 297. The van der Waals surface area contributed by atoms with Gasteiger partial charge in [-0.15, -0.1) is 0 Å². The van der Waals surface area contributed by atoms with Crippen LogP contribution in [0.25, 0.3) is 110 Å². The van der Waals surface area contributed by atoms with E-state index in [-0.39, 0.29) is 0 Å². The summed E-state index contributed by atoms with van der Waals surface area (Å²) in [5, 5.41) is -7.48. The lowest BCUT2D eigenvalue weighted by molar-refractivity contribution is 0.669. The number of furan rings is 1. The van der Waals surface area contributed by atoms with E-state index in [9.17, 15) is 19.2 Å². The topological polar surface area (TPSA) is 13.1 Å². The molecule has 0 saturated heterocycles. The van der Waals surface area contributed by atoms with E-state index in [1.807, 2.05) is 0 Å². The first-order chi connectivity index (χ1) is 39.6. The van der Waals surface area contributed by atoms with Crippen molar-refractivity contribution in [3.63, 3.8) is 0 Å². The van der Waals surface area contributed by atoms with Crippen molar-refractivity contribution in [2.24, 2.45) is 0 Å². The summed E-state index contributed by atoms with van der Waals surface area (Å²) in [6.45, 7) is 0. The molecule has 0 bridgehead atoms. The van der Waals surface area contributed by atoms with Crippen LogP contribution in [0.2, 0.25) is 0 Å². The molecule has 1 heteroatoms. The molecule has 0 saturated carbocycles. The van der Waals surface area contributed by atoms with Crippen LogP contribution in [0.5, 0.6) is 0 Å². The van der Waals surface area contributed by atoms with Gasteiger partial charge in [0.25, 0.3) is 0 Å². The monoisotopic (exact) mass is 704 g/mol. The van der Waals surface area contributed by atoms with Gasteiger partial charge in [-0.1, -0.05) is 157 Å². The maximum absolute atomic E-state index is 10.1. The second-order valence-corrected chi connectivity index (χ2v) is 11.5. The van der Waals surface area contributed by atoms with Crippen LogP contribution in [0.1, 0.15) is 43.9 Å². The maximum atomic E-state index is 10.1. The van der Waals surface area contributed by atoms with Crippen molar-refractivity contribution in [2.75, 3.05) is 0 Å².